The van der Waals surface area contributed by atoms with Crippen molar-refractivity contribution in [3.05, 3.63) is 12.2 Å². The minimum absolute atomic E-state index is 0.0559. The quantitative estimate of drug-likeness (QED) is 0.105. The maximum absolute atomic E-state index is 15.7. The van der Waals surface area contributed by atoms with Crippen LogP contribution in [-0.2, 0) is 13.6 Å². The molecule has 7 heteroatoms. The van der Waals surface area contributed by atoms with Gasteiger partial charge in [-0.3, -0.25) is 4.79 Å². The molecular weight excluding hydrogens is 524 g/mol. The van der Waals surface area contributed by atoms with Gasteiger partial charge in [-0.25, -0.2) is 4.39 Å². The Bertz CT molecular complexity index is 754. The summed E-state index contributed by atoms with van der Waals surface area (Å²) in [6.45, 7) is 25.3. The summed E-state index contributed by atoms with van der Waals surface area (Å²) in [5.41, 5.74) is 0. The highest BCUT2D eigenvalue weighted by atomic mass is 28.4. The van der Waals surface area contributed by atoms with Crippen molar-refractivity contribution in [2.75, 3.05) is 0 Å². The summed E-state index contributed by atoms with van der Waals surface area (Å²) in [6.07, 6.45) is 12.4. The second kappa shape index (κ2) is 15.6. The Hall–Kier alpha value is -0.506. The van der Waals surface area contributed by atoms with Gasteiger partial charge in [0.2, 0.25) is 0 Å². The molecule has 0 aliphatic heterocycles. The first-order valence-electron chi connectivity index (χ1n) is 15.7. The molecule has 1 aliphatic carbocycles. The Kier molecular flexibility index (Phi) is 14.7. The van der Waals surface area contributed by atoms with Gasteiger partial charge in [-0.15, -0.1) is 0 Å². The Morgan fingerprint density at radius 3 is 2.13 bits per heavy atom. The summed E-state index contributed by atoms with van der Waals surface area (Å²) >= 11 is 0. The van der Waals surface area contributed by atoms with Crippen LogP contribution < -0.4 is 0 Å². The van der Waals surface area contributed by atoms with Crippen LogP contribution in [0.15, 0.2) is 12.2 Å². The zero-order valence-electron chi connectivity index (χ0n) is 27.4. The maximum atomic E-state index is 15.7. The van der Waals surface area contributed by atoms with Crippen LogP contribution in [0.3, 0.4) is 0 Å². The third-order valence-corrected chi connectivity index (χ3v) is 18.8. The second-order valence-electron chi connectivity index (χ2n) is 15.1. The number of carbonyl (C=O) groups is 1. The van der Waals surface area contributed by atoms with Crippen molar-refractivity contribution in [3.8, 4) is 0 Å². The topological polar surface area (TPSA) is 55.8 Å². The smallest absolute Gasteiger partial charge is 0.303 e. The molecule has 0 heterocycles. The summed E-state index contributed by atoms with van der Waals surface area (Å²) in [6, 6.07) is 0. The molecule has 0 radical (unpaired) electrons. The lowest BCUT2D eigenvalue weighted by molar-refractivity contribution is -0.137. The van der Waals surface area contributed by atoms with E-state index in [1.165, 1.54) is 19.3 Å². The molecule has 230 valence electrons. The van der Waals surface area contributed by atoms with Gasteiger partial charge in [0.1, 0.15) is 6.17 Å². The molecule has 0 aromatic rings. The third kappa shape index (κ3) is 12.1. The first-order chi connectivity index (χ1) is 17.8. The highest BCUT2D eigenvalue weighted by Crippen LogP contribution is 2.46. The van der Waals surface area contributed by atoms with E-state index in [4.69, 9.17) is 14.0 Å². The number of unbranched alkanes of at least 4 members (excludes halogenated alkanes) is 3. The predicted molar refractivity (Wildman–Crippen MR) is 169 cm³/mol. The minimum atomic E-state index is -1.99. The number of allylic oxidation sites excluding steroid dienone is 2. The van der Waals surface area contributed by atoms with Crippen LogP contribution in [-0.4, -0.2) is 46.1 Å². The normalized spacial score (nSPS) is 22.9. The molecule has 1 N–H and O–H groups in total. The first kappa shape index (κ1) is 36.5. The van der Waals surface area contributed by atoms with E-state index < -0.39 is 28.8 Å². The molecular formula is C32H63FO4Si2. The number of halogens is 1. The molecule has 1 aliphatic rings. The number of hydrogen-bond donors (Lipinski definition) is 1. The van der Waals surface area contributed by atoms with E-state index in [0.717, 1.165) is 32.1 Å². The lowest BCUT2D eigenvalue weighted by Crippen LogP contribution is -2.46. The fourth-order valence-electron chi connectivity index (χ4n) is 5.15. The Morgan fingerprint density at radius 1 is 0.974 bits per heavy atom. The van der Waals surface area contributed by atoms with Crippen molar-refractivity contribution in [2.45, 2.75) is 174 Å². The van der Waals surface area contributed by atoms with Crippen LogP contribution in [0.1, 0.15) is 119 Å². The van der Waals surface area contributed by atoms with Gasteiger partial charge in [-0.05, 0) is 93.0 Å². The van der Waals surface area contributed by atoms with E-state index in [9.17, 15) is 4.79 Å². The number of alkyl halides is 1. The summed E-state index contributed by atoms with van der Waals surface area (Å²) in [7, 11) is -3.90. The first-order valence-corrected chi connectivity index (χ1v) is 21.5. The number of aliphatic carboxylic acids is 1. The van der Waals surface area contributed by atoms with Gasteiger partial charge in [-0.1, -0.05) is 79.9 Å². The standard InChI is InChI=1S/C32H63FO4Si2/c1-12-13-15-18-25(36-38(8,9)31(2,3)4)21-22-27-26(28(33)19-16-14-17-20-30(34)35)23-24-29(27)37-39(10,11)32(5,6)7/h16,19,25-29H,12-15,17-18,20-24H2,1-11H3,(H,34,35)/b19-16-/t25-,26-,27+,28+,29+/m0/s1. The Morgan fingerprint density at radius 2 is 1.59 bits per heavy atom. The van der Waals surface area contributed by atoms with Gasteiger partial charge in [0.15, 0.2) is 16.6 Å². The number of rotatable bonds is 17. The Balaban J connectivity index is 3.10. The molecule has 0 aromatic carbocycles. The van der Waals surface area contributed by atoms with Crippen molar-refractivity contribution in [3.63, 3.8) is 0 Å². The number of carboxylic acids is 1. The predicted octanol–water partition coefficient (Wildman–Crippen LogP) is 10.3. The van der Waals surface area contributed by atoms with Gasteiger partial charge in [0.25, 0.3) is 0 Å². The monoisotopic (exact) mass is 586 g/mol. The van der Waals surface area contributed by atoms with Crippen LogP contribution in [0.4, 0.5) is 4.39 Å². The van der Waals surface area contributed by atoms with E-state index >= 15 is 4.39 Å². The average Bonchev–Trinajstić information content (AvgIpc) is 3.17. The SMILES string of the molecule is CCCCC[C@@H](CC[C@@H]1[C@@H]([C@H](F)/C=C\CCCC(=O)O)CC[C@H]1O[Si](C)(C)C(C)(C)C)O[Si](C)(C)C(C)(C)C. The molecule has 1 saturated carbocycles. The van der Waals surface area contributed by atoms with Crippen LogP contribution in [0.25, 0.3) is 0 Å². The van der Waals surface area contributed by atoms with Crippen molar-refractivity contribution in [2.24, 2.45) is 11.8 Å². The zero-order chi connectivity index (χ0) is 30.1. The largest absolute Gasteiger partial charge is 0.481 e. The van der Waals surface area contributed by atoms with Gasteiger partial charge in [0.05, 0.1) is 0 Å². The lowest BCUT2D eigenvalue weighted by Gasteiger charge is -2.41. The highest BCUT2D eigenvalue weighted by molar-refractivity contribution is 6.74. The Labute approximate surface area is 243 Å². The third-order valence-electron chi connectivity index (χ3n) is 9.77. The molecule has 4 nitrogen and oxygen atoms in total. The molecule has 0 unspecified atom stereocenters. The second-order valence-corrected chi connectivity index (χ2v) is 24.6. The zero-order valence-corrected chi connectivity index (χ0v) is 29.4. The molecule has 0 amide bonds. The maximum Gasteiger partial charge on any atom is 0.303 e. The molecule has 0 bridgehead atoms. The van der Waals surface area contributed by atoms with Crippen LogP contribution in [0.5, 0.6) is 0 Å². The van der Waals surface area contributed by atoms with Gasteiger partial charge >= 0.3 is 5.97 Å². The molecule has 0 saturated heterocycles. The van der Waals surface area contributed by atoms with E-state index in [0.29, 0.717) is 12.8 Å². The molecule has 1 fully saturated rings. The van der Waals surface area contributed by atoms with Crippen LogP contribution in [0.2, 0.25) is 36.3 Å². The number of hydrogen-bond acceptors (Lipinski definition) is 3. The van der Waals surface area contributed by atoms with E-state index in [-0.39, 0.29) is 40.5 Å². The summed E-state index contributed by atoms with van der Waals surface area (Å²) in [5, 5.41) is 9.15. The molecule has 0 spiro atoms. The van der Waals surface area contributed by atoms with Gasteiger partial charge in [-0.2, -0.15) is 0 Å². The molecule has 1 rings (SSSR count). The minimum Gasteiger partial charge on any atom is -0.481 e. The number of carboxylic acid groups (broad SMARTS) is 1. The summed E-state index contributed by atoms with van der Waals surface area (Å²) < 4.78 is 29.6. The average molecular weight is 587 g/mol. The van der Waals surface area contributed by atoms with Crippen molar-refractivity contribution in [1.82, 2.24) is 0 Å². The van der Waals surface area contributed by atoms with E-state index in [2.05, 4.69) is 74.7 Å². The summed E-state index contributed by atoms with van der Waals surface area (Å²) in [5.74, 6) is -0.677. The molecule has 39 heavy (non-hydrogen) atoms. The van der Waals surface area contributed by atoms with E-state index in [1.54, 1.807) is 6.08 Å². The fraction of sp³-hybridized carbons (Fsp3) is 0.906. The van der Waals surface area contributed by atoms with Crippen molar-refractivity contribution in [1.29, 1.82) is 0 Å². The lowest BCUT2D eigenvalue weighted by atomic mass is 9.85. The van der Waals surface area contributed by atoms with Gasteiger partial charge < -0.3 is 14.0 Å². The van der Waals surface area contributed by atoms with Gasteiger partial charge in [0, 0.05) is 18.6 Å². The van der Waals surface area contributed by atoms with Crippen molar-refractivity contribution < 1.29 is 23.1 Å². The van der Waals surface area contributed by atoms with Crippen LogP contribution in [0, 0.1) is 11.8 Å². The molecule has 5 atom stereocenters. The van der Waals surface area contributed by atoms with E-state index in [1.807, 2.05) is 6.08 Å². The summed E-state index contributed by atoms with van der Waals surface area (Å²) in [4.78, 5) is 10.8. The van der Waals surface area contributed by atoms with Crippen molar-refractivity contribution >= 4 is 22.6 Å². The fourth-order valence-corrected chi connectivity index (χ4v) is 7.98. The highest BCUT2D eigenvalue weighted by Gasteiger charge is 2.46. The molecule has 0 aromatic heterocycles. The van der Waals surface area contributed by atoms with Crippen LogP contribution >= 0.6 is 0 Å².